The Bertz CT molecular complexity index is 1170. The Balaban J connectivity index is 1.47. The van der Waals surface area contributed by atoms with E-state index in [0.29, 0.717) is 29.4 Å². The van der Waals surface area contributed by atoms with Gasteiger partial charge in [0.1, 0.15) is 10.8 Å². The number of amides is 1. The molecular formula is C19H15Cl2N3O4S2. The molecule has 30 heavy (non-hydrogen) atoms. The number of aromatic nitrogens is 1. The van der Waals surface area contributed by atoms with Gasteiger partial charge in [0.2, 0.25) is 0 Å². The number of benzene rings is 2. The molecule has 1 unspecified atom stereocenters. The van der Waals surface area contributed by atoms with Crippen LogP contribution in [0.3, 0.4) is 0 Å². The summed E-state index contributed by atoms with van der Waals surface area (Å²) in [5.41, 5.74) is 0.580. The van der Waals surface area contributed by atoms with Crippen LogP contribution < -0.4 is 14.4 Å². The van der Waals surface area contributed by atoms with Gasteiger partial charge in [0.15, 0.2) is 11.2 Å². The maximum atomic E-state index is 12.8. The van der Waals surface area contributed by atoms with Crippen LogP contribution in [0.1, 0.15) is 6.42 Å². The van der Waals surface area contributed by atoms with Crippen molar-refractivity contribution in [3.8, 4) is 5.75 Å². The van der Waals surface area contributed by atoms with E-state index in [0.717, 1.165) is 0 Å². The summed E-state index contributed by atoms with van der Waals surface area (Å²) in [5.74, 6) is 0.113. The van der Waals surface area contributed by atoms with Crippen LogP contribution in [-0.2, 0) is 14.8 Å². The highest BCUT2D eigenvalue weighted by Gasteiger charge is 2.35. The zero-order valence-electron chi connectivity index (χ0n) is 15.3. The van der Waals surface area contributed by atoms with E-state index in [-0.39, 0.29) is 21.0 Å². The fourth-order valence-electron chi connectivity index (χ4n) is 3.00. The van der Waals surface area contributed by atoms with Crippen LogP contribution in [0.15, 0.2) is 58.9 Å². The summed E-state index contributed by atoms with van der Waals surface area (Å²) in [4.78, 5) is 18.3. The first-order chi connectivity index (χ1) is 14.3. The number of hydrogen-bond donors (Lipinski definition) is 1. The maximum absolute atomic E-state index is 12.8. The fraction of sp³-hybridized carbons (Fsp3) is 0.158. The molecule has 1 aliphatic rings. The number of anilines is 2. The van der Waals surface area contributed by atoms with Gasteiger partial charge < -0.3 is 9.64 Å². The van der Waals surface area contributed by atoms with E-state index < -0.39 is 16.1 Å². The number of hydrogen-bond acceptors (Lipinski definition) is 6. The van der Waals surface area contributed by atoms with Crippen molar-refractivity contribution in [2.24, 2.45) is 0 Å². The van der Waals surface area contributed by atoms with Crippen LogP contribution in [0, 0.1) is 0 Å². The van der Waals surface area contributed by atoms with Crippen molar-refractivity contribution in [2.45, 2.75) is 17.4 Å². The highest BCUT2D eigenvalue weighted by molar-refractivity contribution is 7.93. The van der Waals surface area contributed by atoms with Crippen molar-refractivity contribution in [1.29, 1.82) is 0 Å². The van der Waals surface area contributed by atoms with Gasteiger partial charge >= 0.3 is 0 Å². The van der Waals surface area contributed by atoms with Crippen molar-refractivity contribution in [3.05, 3.63) is 64.1 Å². The molecule has 1 aliphatic heterocycles. The van der Waals surface area contributed by atoms with Gasteiger partial charge in [-0.3, -0.25) is 9.52 Å². The maximum Gasteiger partial charge on any atom is 0.268 e. The first kappa shape index (κ1) is 20.9. The second kappa shape index (κ2) is 8.43. The predicted octanol–water partition coefficient (Wildman–Crippen LogP) is 4.44. The molecule has 156 valence electrons. The number of rotatable bonds is 6. The molecule has 1 fully saturated rings. The lowest BCUT2D eigenvalue weighted by Gasteiger charge is -2.18. The average molecular weight is 484 g/mol. The molecule has 0 spiro atoms. The van der Waals surface area contributed by atoms with E-state index in [9.17, 15) is 13.2 Å². The second-order valence-electron chi connectivity index (χ2n) is 6.37. The molecule has 3 aromatic rings. The number of sulfonamides is 1. The lowest BCUT2D eigenvalue weighted by Crippen LogP contribution is -2.32. The highest BCUT2D eigenvalue weighted by Crippen LogP contribution is 2.34. The Hall–Kier alpha value is -2.33. The molecule has 11 heteroatoms. The molecule has 2 heterocycles. The molecule has 1 aromatic heterocycles. The number of ether oxygens (including phenoxy) is 1. The van der Waals surface area contributed by atoms with Gasteiger partial charge in [-0.05, 0) is 36.4 Å². The largest absolute Gasteiger partial charge is 0.479 e. The number of nitrogens with one attached hydrogen (secondary N) is 1. The Morgan fingerprint density at radius 3 is 2.63 bits per heavy atom. The standard InChI is InChI=1S/C19H15Cl2N3O4S2/c20-14-2-1-3-15(17(14)21)28-16-8-10-24(18(16)25)12-4-6-13(7-5-12)30(26,27)23-19-22-9-11-29-19/h1-7,9,11,16H,8,10H2,(H,22,23). The van der Waals surface area contributed by atoms with Gasteiger partial charge in [-0.15, -0.1) is 11.3 Å². The molecule has 2 aromatic carbocycles. The molecular weight excluding hydrogens is 469 g/mol. The van der Waals surface area contributed by atoms with Crippen molar-refractivity contribution in [2.75, 3.05) is 16.2 Å². The van der Waals surface area contributed by atoms with Crippen molar-refractivity contribution in [3.63, 3.8) is 0 Å². The van der Waals surface area contributed by atoms with Gasteiger partial charge in [-0.25, -0.2) is 13.4 Å². The van der Waals surface area contributed by atoms with Crippen LogP contribution in [0.5, 0.6) is 5.75 Å². The number of carbonyl (C=O) groups excluding carboxylic acids is 1. The summed E-state index contributed by atoms with van der Waals surface area (Å²) in [5, 5.41) is 2.57. The number of nitrogens with zero attached hydrogens (tertiary/aromatic N) is 2. The quantitative estimate of drug-likeness (QED) is 0.559. The molecule has 7 nitrogen and oxygen atoms in total. The van der Waals surface area contributed by atoms with Gasteiger partial charge in [0.25, 0.3) is 15.9 Å². The van der Waals surface area contributed by atoms with Crippen molar-refractivity contribution >= 4 is 61.3 Å². The van der Waals surface area contributed by atoms with E-state index in [2.05, 4.69) is 9.71 Å². The van der Waals surface area contributed by atoms with Gasteiger partial charge in [0, 0.05) is 30.2 Å². The first-order valence-corrected chi connectivity index (χ1v) is 11.9. The Morgan fingerprint density at radius 1 is 1.17 bits per heavy atom. The zero-order valence-corrected chi connectivity index (χ0v) is 18.4. The molecule has 1 saturated heterocycles. The Kier molecular flexibility index (Phi) is 5.88. The molecule has 1 N–H and O–H groups in total. The third kappa shape index (κ3) is 4.24. The van der Waals surface area contributed by atoms with Gasteiger partial charge in [-0.2, -0.15) is 0 Å². The van der Waals surface area contributed by atoms with E-state index in [1.807, 2.05) is 0 Å². The number of thiazole rings is 1. The summed E-state index contributed by atoms with van der Waals surface area (Å²) < 4.78 is 33.1. The topological polar surface area (TPSA) is 88.6 Å². The van der Waals surface area contributed by atoms with Crippen molar-refractivity contribution in [1.82, 2.24) is 4.98 Å². The van der Waals surface area contributed by atoms with E-state index in [1.54, 1.807) is 40.6 Å². The zero-order chi connectivity index (χ0) is 21.3. The monoisotopic (exact) mass is 483 g/mol. The summed E-state index contributed by atoms with van der Waals surface area (Å²) in [6.45, 7) is 0.436. The first-order valence-electron chi connectivity index (χ1n) is 8.79. The Labute approximate surface area is 187 Å². The summed E-state index contributed by atoms with van der Waals surface area (Å²) in [7, 11) is -3.75. The normalized spacial score (nSPS) is 16.7. The third-order valence-corrected chi connectivity index (χ3v) is 7.43. The predicted molar refractivity (Wildman–Crippen MR) is 117 cm³/mol. The fourth-order valence-corrected chi connectivity index (χ4v) is 5.13. The Morgan fingerprint density at radius 2 is 1.93 bits per heavy atom. The minimum Gasteiger partial charge on any atom is -0.479 e. The second-order valence-corrected chi connectivity index (χ2v) is 9.74. The smallest absolute Gasteiger partial charge is 0.268 e. The number of halogens is 2. The molecule has 1 amide bonds. The van der Waals surface area contributed by atoms with Crippen LogP contribution in [0.25, 0.3) is 0 Å². The van der Waals surface area contributed by atoms with Crippen molar-refractivity contribution < 1.29 is 17.9 Å². The lowest BCUT2D eigenvalue weighted by atomic mass is 10.3. The molecule has 0 bridgehead atoms. The third-order valence-electron chi connectivity index (χ3n) is 4.45. The van der Waals surface area contributed by atoms with Crippen LogP contribution in [0.4, 0.5) is 10.8 Å². The van der Waals surface area contributed by atoms with E-state index in [4.69, 9.17) is 27.9 Å². The van der Waals surface area contributed by atoms with Crippen LogP contribution in [0.2, 0.25) is 10.0 Å². The molecule has 0 saturated carbocycles. The summed E-state index contributed by atoms with van der Waals surface area (Å²) in [6.07, 6.45) is 1.28. The molecule has 4 rings (SSSR count). The van der Waals surface area contributed by atoms with Crippen LogP contribution >= 0.6 is 34.5 Å². The minimum atomic E-state index is -3.75. The lowest BCUT2D eigenvalue weighted by molar-refractivity contribution is -0.122. The number of carbonyl (C=O) groups is 1. The average Bonchev–Trinajstić information content (AvgIpc) is 3.35. The van der Waals surface area contributed by atoms with E-state index in [1.165, 1.54) is 29.7 Å². The van der Waals surface area contributed by atoms with Gasteiger partial charge in [0.05, 0.1) is 9.92 Å². The summed E-state index contributed by atoms with van der Waals surface area (Å²) in [6, 6.07) is 11.0. The molecule has 0 radical (unpaired) electrons. The minimum absolute atomic E-state index is 0.0756. The highest BCUT2D eigenvalue weighted by atomic mass is 35.5. The summed E-state index contributed by atoms with van der Waals surface area (Å²) >= 11 is 13.3. The van der Waals surface area contributed by atoms with Crippen LogP contribution in [-0.4, -0.2) is 32.0 Å². The van der Waals surface area contributed by atoms with E-state index >= 15 is 0 Å². The molecule has 0 aliphatic carbocycles. The molecule has 1 atom stereocenters. The SMILES string of the molecule is O=C1C(Oc2cccc(Cl)c2Cl)CCN1c1ccc(S(=O)(=O)Nc2nccs2)cc1. The van der Waals surface area contributed by atoms with Gasteiger partial charge in [-0.1, -0.05) is 29.3 Å².